The van der Waals surface area contributed by atoms with Crippen molar-refractivity contribution in [3.8, 4) is 0 Å². The third kappa shape index (κ3) is 10.6. The van der Waals surface area contributed by atoms with Crippen molar-refractivity contribution < 1.29 is 29.0 Å². The van der Waals surface area contributed by atoms with Gasteiger partial charge < -0.3 is 31.1 Å². The number of carbonyl (C=O) groups is 4. The van der Waals surface area contributed by atoms with Gasteiger partial charge in [0.25, 0.3) is 0 Å². The van der Waals surface area contributed by atoms with Crippen LogP contribution in [0.5, 0.6) is 0 Å². The topological polar surface area (TPSA) is 151 Å². The first-order valence-electron chi connectivity index (χ1n) is 12.3. The normalized spacial score (nSPS) is 12.9. The summed E-state index contributed by atoms with van der Waals surface area (Å²) < 4.78 is 5.29. The molecule has 36 heavy (non-hydrogen) atoms. The predicted molar refractivity (Wildman–Crippen MR) is 137 cm³/mol. The molecule has 0 saturated carbocycles. The summed E-state index contributed by atoms with van der Waals surface area (Å²) >= 11 is 0. The number of aryl methyl sites for hydroxylation is 2. The number of hydrogen-bond donors (Lipinski definition) is 4. The summed E-state index contributed by atoms with van der Waals surface area (Å²) in [7, 11) is 0. The molecular formula is C26H42N4O6. The van der Waals surface area contributed by atoms with E-state index in [-0.39, 0.29) is 19.4 Å². The number of ether oxygens (including phenoxy) is 1. The number of aliphatic hydroxyl groups excluding tert-OH is 1. The molecule has 4 amide bonds. The van der Waals surface area contributed by atoms with E-state index in [0.717, 1.165) is 24.0 Å². The lowest BCUT2D eigenvalue weighted by Gasteiger charge is -2.34. The minimum Gasteiger partial charge on any atom is -0.444 e. The average molecular weight is 507 g/mol. The van der Waals surface area contributed by atoms with Gasteiger partial charge in [0.1, 0.15) is 17.7 Å². The Morgan fingerprint density at radius 1 is 1.11 bits per heavy atom. The van der Waals surface area contributed by atoms with Gasteiger partial charge in [0.2, 0.25) is 17.7 Å². The van der Waals surface area contributed by atoms with Crippen molar-refractivity contribution in [3.63, 3.8) is 0 Å². The van der Waals surface area contributed by atoms with Gasteiger partial charge in [0, 0.05) is 19.5 Å². The number of carbonyl (C=O) groups excluding carboxylic acids is 4. The summed E-state index contributed by atoms with van der Waals surface area (Å²) in [5, 5.41) is 15.2. The average Bonchev–Trinajstić information content (AvgIpc) is 2.74. The smallest absolute Gasteiger partial charge is 0.408 e. The summed E-state index contributed by atoms with van der Waals surface area (Å²) in [4.78, 5) is 52.4. The van der Waals surface area contributed by atoms with Crippen LogP contribution in [0.15, 0.2) is 18.2 Å². The number of primary amides is 1. The van der Waals surface area contributed by atoms with Crippen LogP contribution < -0.4 is 16.4 Å². The van der Waals surface area contributed by atoms with Gasteiger partial charge in [-0.25, -0.2) is 4.79 Å². The molecule has 0 aromatic heterocycles. The van der Waals surface area contributed by atoms with E-state index >= 15 is 0 Å². The Hall–Kier alpha value is -3.14. The van der Waals surface area contributed by atoms with E-state index in [1.165, 1.54) is 4.90 Å². The molecule has 2 unspecified atom stereocenters. The molecule has 2 atom stereocenters. The summed E-state index contributed by atoms with van der Waals surface area (Å²) in [5.74, 6) is -1.68. The Bertz CT molecular complexity index is 892. The zero-order chi connectivity index (χ0) is 27.5. The molecule has 202 valence electrons. The van der Waals surface area contributed by atoms with E-state index in [2.05, 4.69) is 10.6 Å². The van der Waals surface area contributed by atoms with Crippen LogP contribution in [0.3, 0.4) is 0 Å². The number of benzene rings is 1. The fourth-order valence-electron chi connectivity index (χ4n) is 3.79. The largest absolute Gasteiger partial charge is 0.444 e. The number of unbranched alkanes of at least 4 members (excludes halogenated alkanes) is 1. The molecule has 10 heteroatoms. The Kier molecular flexibility index (Phi) is 12.4. The van der Waals surface area contributed by atoms with Gasteiger partial charge in [-0.15, -0.1) is 0 Å². The predicted octanol–water partition coefficient (Wildman–Crippen LogP) is 2.24. The summed E-state index contributed by atoms with van der Waals surface area (Å²) in [6.07, 6.45) is 0.538. The standard InChI is InChI=1S/C26H42N4O6/c1-7-8-11-28-23(33)22(19-15-17(2)14-18(3)16-19)30(12-13-31)24(34)20(9-10-21(27)32)29-25(35)36-26(4,5)6/h14-16,20,22,31H,7-13H2,1-6H3,(H2,27,32)(H,28,33)(H,29,35). The third-order valence-corrected chi connectivity index (χ3v) is 5.24. The first-order valence-corrected chi connectivity index (χ1v) is 12.3. The lowest BCUT2D eigenvalue weighted by atomic mass is 9.98. The van der Waals surface area contributed by atoms with Crippen LogP contribution in [0, 0.1) is 13.8 Å². The highest BCUT2D eigenvalue weighted by atomic mass is 16.6. The molecule has 0 aliphatic heterocycles. The highest BCUT2D eigenvalue weighted by Crippen LogP contribution is 2.25. The first kappa shape index (κ1) is 30.9. The number of amides is 4. The van der Waals surface area contributed by atoms with Crippen LogP contribution in [0.1, 0.15) is 76.1 Å². The SMILES string of the molecule is CCCCNC(=O)C(c1cc(C)cc(C)c1)N(CCO)C(=O)C(CCC(N)=O)NC(=O)OC(C)(C)C. The second-order valence-corrected chi connectivity index (χ2v) is 9.93. The van der Waals surface area contributed by atoms with E-state index in [0.29, 0.717) is 12.1 Å². The Morgan fingerprint density at radius 3 is 2.22 bits per heavy atom. The summed E-state index contributed by atoms with van der Waals surface area (Å²) in [5.41, 5.74) is 6.88. The van der Waals surface area contributed by atoms with Crippen LogP contribution >= 0.6 is 0 Å². The molecule has 0 fully saturated rings. The van der Waals surface area contributed by atoms with Crippen LogP contribution in [0.2, 0.25) is 0 Å². The first-order chi connectivity index (χ1) is 16.8. The van der Waals surface area contributed by atoms with E-state index in [1.807, 2.05) is 39.0 Å². The number of aliphatic hydroxyl groups is 1. The molecule has 0 spiro atoms. The second-order valence-electron chi connectivity index (χ2n) is 9.93. The number of nitrogens with zero attached hydrogens (tertiary/aromatic N) is 1. The fraction of sp³-hybridized carbons (Fsp3) is 0.615. The number of rotatable bonds is 13. The molecule has 0 radical (unpaired) electrons. The van der Waals surface area contributed by atoms with Crippen LogP contribution in [0.25, 0.3) is 0 Å². The van der Waals surface area contributed by atoms with Gasteiger partial charge in [-0.1, -0.05) is 42.7 Å². The van der Waals surface area contributed by atoms with Gasteiger partial charge in [-0.2, -0.15) is 0 Å². The van der Waals surface area contributed by atoms with Crippen molar-refractivity contribution in [2.75, 3.05) is 19.7 Å². The van der Waals surface area contributed by atoms with Gasteiger partial charge in [0.05, 0.1) is 6.61 Å². The highest BCUT2D eigenvalue weighted by molar-refractivity contribution is 5.92. The molecule has 0 saturated heterocycles. The molecule has 5 N–H and O–H groups in total. The van der Waals surface area contributed by atoms with E-state index < -0.39 is 48.1 Å². The monoisotopic (exact) mass is 506 g/mol. The minimum absolute atomic E-state index is 0.0909. The lowest BCUT2D eigenvalue weighted by Crippen LogP contribution is -2.54. The van der Waals surface area contributed by atoms with Gasteiger partial charge in [-0.05, 0) is 53.0 Å². The summed E-state index contributed by atoms with van der Waals surface area (Å²) in [6.45, 7) is 10.7. The summed E-state index contributed by atoms with van der Waals surface area (Å²) in [6, 6.07) is 3.32. The van der Waals surface area contributed by atoms with Crippen LogP contribution in [-0.4, -0.2) is 65.2 Å². The fourth-order valence-corrected chi connectivity index (χ4v) is 3.79. The van der Waals surface area contributed by atoms with Crippen molar-refractivity contribution in [2.24, 2.45) is 5.73 Å². The third-order valence-electron chi connectivity index (χ3n) is 5.24. The van der Waals surface area contributed by atoms with Gasteiger partial charge in [-0.3, -0.25) is 14.4 Å². The maximum absolute atomic E-state index is 13.8. The van der Waals surface area contributed by atoms with Crippen molar-refractivity contribution in [3.05, 3.63) is 34.9 Å². The Labute approximate surface area is 213 Å². The minimum atomic E-state index is -1.20. The lowest BCUT2D eigenvalue weighted by molar-refractivity contribution is -0.143. The maximum Gasteiger partial charge on any atom is 0.408 e. The van der Waals surface area contributed by atoms with E-state index in [9.17, 15) is 24.3 Å². The van der Waals surface area contributed by atoms with E-state index in [4.69, 9.17) is 10.5 Å². The van der Waals surface area contributed by atoms with Crippen LogP contribution in [0.4, 0.5) is 4.79 Å². The maximum atomic E-state index is 13.8. The van der Waals surface area contributed by atoms with Crippen molar-refractivity contribution in [2.45, 2.75) is 84.9 Å². The molecule has 10 nitrogen and oxygen atoms in total. The molecule has 0 heterocycles. The van der Waals surface area contributed by atoms with Crippen molar-refractivity contribution in [1.82, 2.24) is 15.5 Å². The zero-order valence-electron chi connectivity index (χ0n) is 22.3. The quantitative estimate of drug-likeness (QED) is 0.301. The Morgan fingerprint density at radius 2 is 1.72 bits per heavy atom. The molecule has 0 aliphatic rings. The zero-order valence-corrected chi connectivity index (χ0v) is 22.3. The number of nitrogens with one attached hydrogen (secondary N) is 2. The van der Waals surface area contributed by atoms with Crippen molar-refractivity contribution in [1.29, 1.82) is 0 Å². The van der Waals surface area contributed by atoms with Crippen molar-refractivity contribution >= 4 is 23.8 Å². The number of hydrogen-bond acceptors (Lipinski definition) is 6. The Balaban J connectivity index is 3.45. The molecule has 1 aromatic carbocycles. The second kappa shape index (κ2) is 14.4. The van der Waals surface area contributed by atoms with E-state index in [1.54, 1.807) is 20.8 Å². The molecule has 1 rings (SSSR count). The van der Waals surface area contributed by atoms with Crippen LogP contribution in [-0.2, 0) is 19.1 Å². The van der Waals surface area contributed by atoms with Gasteiger partial charge >= 0.3 is 6.09 Å². The van der Waals surface area contributed by atoms with Gasteiger partial charge in [0.15, 0.2) is 0 Å². The number of alkyl carbamates (subject to hydrolysis) is 1. The molecular weight excluding hydrogens is 464 g/mol. The molecule has 0 aliphatic carbocycles. The highest BCUT2D eigenvalue weighted by Gasteiger charge is 2.36. The number of nitrogens with two attached hydrogens (primary N) is 1. The molecule has 0 bridgehead atoms. The molecule has 1 aromatic rings.